The maximum Gasteiger partial charge on any atom is 0.230 e. The molecule has 2 heterocycles. The lowest BCUT2D eigenvalue weighted by molar-refractivity contribution is -0.118. The summed E-state index contributed by atoms with van der Waals surface area (Å²) in [5.41, 5.74) is 2.42. The lowest BCUT2D eigenvalue weighted by Gasteiger charge is -2.18. The molecule has 0 saturated heterocycles. The van der Waals surface area contributed by atoms with Crippen LogP contribution in [0.2, 0.25) is 0 Å². The van der Waals surface area contributed by atoms with Gasteiger partial charge in [0.25, 0.3) is 0 Å². The zero-order chi connectivity index (χ0) is 19.5. The molecule has 2 aromatic heterocycles. The number of ether oxygens (including phenoxy) is 1. The highest BCUT2D eigenvalue weighted by Crippen LogP contribution is 2.40. The Bertz CT molecular complexity index is 1000. The highest BCUT2D eigenvalue weighted by Gasteiger charge is 2.23. The lowest BCUT2D eigenvalue weighted by Crippen LogP contribution is -2.24. The third kappa shape index (κ3) is 4.15. The van der Waals surface area contributed by atoms with E-state index in [1.807, 2.05) is 24.3 Å². The van der Waals surface area contributed by atoms with Crippen LogP contribution < -0.4 is 10.1 Å². The number of aryl methyl sites for hydroxylation is 1. The van der Waals surface area contributed by atoms with E-state index in [0.29, 0.717) is 12.3 Å². The van der Waals surface area contributed by atoms with Gasteiger partial charge in [0.1, 0.15) is 21.9 Å². The number of thiophene rings is 1. The van der Waals surface area contributed by atoms with Crippen molar-refractivity contribution in [3.63, 3.8) is 0 Å². The number of amides is 1. The molecule has 0 fully saturated rings. The summed E-state index contributed by atoms with van der Waals surface area (Å²) in [7, 11) is 1.64. The number of carbonyl (C=O) groups excluding carboxylic acids is 1. The summed E-state index contributed by atoms with van der Waals surface area (Å²) in [5, 5.41) is 5.07. The van der Waals surface area contributed by atoms with Crippen LogP contribution in [0.15, 0.2) is 35.6 Å². The average molecular weight is 414 g/mol. The normalized spacial score (nSPS) is 16.0. The topological polar surface area (TPSA) is 64.1 Å². The van der Waals surface area contributed by atoms with Crippen LogP contribution in [-0.2, 0) is 24.2 Å². The van der Waals surface area contributed by atoms with Crippen LogP contribution in [0, 0.1) is 5.92 Å². The molecule has 4 rings (SSSR count). The number of carbonyl (C=O) groups is 1. The summed E-state index contributed by atoms with van der Waals surface area (Å²) in [6, 6.07) is 7.72. The van der Waals surface area contributed by atoms with Crippen LogP contribution in [0.4, 0.5) is 0 Å². The van der Waals surface area contributed by atoms with Crippen LogP contribution in [0.25, 0.3) is 10.2 Å². The van der Waals surface area contributed by atoms with Gasteiger partial charge in [0, 0.05) is 16.8 Å². The number of methoxy groups -OCH3 is 1. The summed E-state index contributed by atoms with van der Waals surface area (Å²) >= 11 is 3.28. The molecule has 0 unspecified atom stereocenters. The minimum absolute atomic E-state index is 0.00250. The minimum atomic E-state index is -0.00250. The Morgan fingerprint density at radius 2 is 2.29 bits per heavy atom. The van der Waals surface area contributed by atoms with Gasteiger partial charge in [-0.2, -0.15) is 0 Å². The van der Waals surface area contributed by atoms with Gasteiger partial charge in [-0.3, -0.25) is 4.79 Å². The Hall–Kier alpha value is -2.12. The van der Waals surface area contributed by atoms with Crippen molar-refractivity contribution >= 4 is 39.2 Å². The van der Waals surface area contributed by atoms with E-state index in [4.69, 9.17) is 4.74 Å². The van der Waals surface area contributed by atoms with E-state index in [1.165, 1.54) is 34.0 Å². The number of rotatable bonds is 6. The smallest absolute Gasteiger partial charge is 0.230 e. The van der Waals surface area contributed by atoms with Crippen LogP contribution >= 0.6 is 23.1 Å². The lowest BCUT2D eigenvalue weighted by atomic mass is 9.89. The van der Waals surface area contributed by atoms with E-state index >= 15 is 0 Å². The van der Waals surface area contributed by atoms with Gasteiger partial charge >= 0.3 is 0 Å². The molecule has 1 atom stereocenters. The summed E-state index contributed by atoms with van der Waals surface area (Å²) in [6.07, 6.45) is 5.03. The molecule has 5 nitrogen and oxygen atoms in total. The van der Waals surface area contributed by atoms with Gasteiger partial charge in [-0.05, 0) is 48.4 Å². The maximum atomic E-state index is 12.3. The van der Waals surface area contributed by atoms with E-state index in [0.717, 1.165) is 39.9 Å². The summed E-state index contributed by atoms with van der Waals surface area (Å²) in [6.45, 7) is 2.79. The monoisotopic (exact) mass is 413 g/mol. The molecule has 1 aliphatic carbocycles. The van der Waals surface area contributed by atoms with Crippen molar-refractivity contribution in [2.24, 2.45) is 5.92 Å². The second kappa shape index (κ2) is 8.49. The minimum Gasteiger partial charge on any atom is -0.497 e. The molecule has 0 spiro atoms. The van der Waals surface area contributed by atoms with Gasteiger partial charge in [-0.1, -0.05) is 30.8 Å². The summed E-state index contributed by atoms with van der Waals surface area (Å²) in [4.78, 5) is 23.8. The zero-order valence-corrected chi connectivity index (χ0v) is 17.7. The molecule has 146 valence electrons. The predicted molar refractivity (Wildman–Crippen MR) is 114 cm³/mol. The van der Waals surface area contributed by atoms with Crippen LogP contribution in [0.3, 0.4) is 0 Å². The highest BCUT2D eigenvalue weighted by molar-refractivity contribution is 8.00. The Morgan fingerprint density at radius 3 is 3.14 bits per heavy atom. The molecule has 3 aromatic rings. The molecule has 0 saturated carbocycles. The Labute approximate surface area is 172 Å². The molecule has 0 radical (unpaired) electrons. The zero-order valence-electron chi connectivity index (χ0n) is 16.0. The molecular formula is C21H23N3O2S2. The molecule has 1 aliphatic rings. The number of nitrogens with one attached hydrogen (secondary N) is 1. The first-order chi connectivity index (χ1) is 13.6. The van der Waals surface area contributed by atoms with Crippen molar-refractivity contribution in [2.75, 3.05) is 12.9 Å². The van der Waals surface area contributed by atoms with Crippen molar-refractivity contribution < 1.29 is 9.53 Å². The number of aromatic nitrogens is 2. The van der Waals surface area contributed by atoms with Crippen molar-refractivity contribution in [3.05, 3.63) is 46.6 Å². The molecule has 1 N–H and O–H groups in total. The van der Waals surface area contributed by atoms with Gasteiger partial charge < -0.3 is 10.1 Å². The van der Waals surface area contributed by atoms with Crippen LogP contribution in [0.1, 0.15) is 29.3 Å². The first-order valence-electron chi connectivity index (χ1n) is 9.41. The van der Waals surface area contributed by atoms with Crippen molar-refractivity contribution in [1.29, 1.82) is 0 Å². The second-order valence-electron chi connectivity index (χ2n) is 7.13. The van der Waals surface area contributed by atoms with Gasteiger partial charge in [-0.25, -0.2) is 9.97 Å². The number of hydrogen-bond donors (Lipinski definition) is 1. The quantitative estimate of drug-likeness (QED) is 0.484. The van der Waals surface area contributed by atoms with E-state index in [-0.39, 0.29) is 5.91 Å². The predicted octanol–water partition coefficient (Wildman–Crippen LogP) is 4.23. The van der Waals surface area contributed by atoms with E-state index in [2.05, 4.69) is 22.2 Å². The Kier molecular flexibility index (Phi) is 5.82. The fraction of sp³-hybridized carbons (Fsp3) is 0.381. The van der Waals surface area contributed by atoms with Gasteiger partial charge in [0.15, 0.2) is 0 Å². The number of hydrogen-bond acceptors (Lipinski definition) is 6. The first-order valence-corrected chi connectivity index (χ1v) is 11.2. The van der Waals surface area contributed by atoms with Gasteiger partial charge in [0.2, 0.25) is 5.91 Å². The second-order valence-corrected chi connectivity index (χ2v) is 9.18. The fourth-order valence-corrected chi connectivity index (χ4v) is 5.79. The number of benzene rings is 1. The molecule has 7 heteroatoms. The van der Waals surface area contributed by atoms with Crippen LogP contribution in [0.5, 0.6) is 5.75 Å². The van der Waals surface area contributed by atoms with Crippen molar-refractivity contribution in [1.82, 2.24) is 15.3 Å². The number of thioether (sulfide) groups is 1. The van der Waals surface area contributed by atoms with Crippen molar-refractivity contribution in [3.8, 4) is 5.75 Å². The Morgan fingerprint density at radius 1 is 1.39 bits per heavy atom. The molecule has 0 aliphatic heterocycles. The standard InChI is InChI=1S/C21H23N3O2S2/c1-13-6-7-16-17(8-13)28-21-19(16)20(23-12-24-21)27-11-18(25)22-10-14-4-3-5-15(9-14)26-2/h3-5,9,12-13H,6-8,10-11H2,1-2H3,(H,22,25)/t13-/m0/s1. The number of nitrogens with zero attached hydrogens (tertiary/aromatic N) is 2. The Balaban J connectivity index is 1.42. The third-order valence-corrected chi connectivity index (χ3v) is 7.17. The van der Waals surface area contributed by atoms with E-state index in [1.54, 1.807) is 24.8 Å². The fourth-order valence-electron chi connectivity index (χ4n) is 3.52. The molecule has 1 amide bonds. The maximum absolute atomic E-state index is 12.3. The third-order valence-electron chi connectivity index (χ3n) is 5.02. The molecular weight excluding hydrogens is 390 g/mol. The van der Waals surface area contributed by atoms with E-state index < -0.39 is 0 Å². The first kappa shape index (κ1) is 19.2. The highest BCUT2D eigenvalue weighted by atomic mass is 32.2. The summed E-state index contributed by atoms with van der Waals surface area (Å²) < 4.78 is 5.22. The molecule has 0 bridgehead atoms. The van der Waals surface area contributed by atoms with Gasteiger partial charge in [-0.15, -0.1) is 11.3 Å². The number of fused-ring (bicyclic) bond motifs is 3. The van der Waals surface area contributed by atoms with Crippen molar-refractivity contribution in [2.45, 2.75) is 37.8 Å². The average Bonchev–Trinajstić information content (AvgIpc) is 3.08. The van der Waals surface area contributed by atoms with Crippen LogP contribution in [-0.4, -0.2) is 28.7 Å². The summed E-state index contributed by atoms with van der Waals surface area (Å²) in [5.74, 6) is 1.86. The molecule has 28 heavy (non-hydrogen) atoms. The largest absolute Gasteiger partial charge is 0.497 e. The van der Waals surface area contributed by atoms with Gasteiger partial charge in [0.05, 0.1) is 12.9 Å². The van der Waals surface area contributed by atoms with E-state index in [9.17, 15) is 4.79 Å². The SMILES string of the molecule is COc1cccc(CNC(=O)CSc2ncnc3sc4c(c23)CC[C@H](C)C4)c1. The molecule has 1 aromatic carbocycles.